The van der Waals surface area contributed by atoms with Crippen molar-refractivity contribution in [1.82, 2.24) is 0 Å². The third kappa shape index (κ3) is 3.73. The summed E-state index contributed by atoms with van der Waals surface area (Å²) in [5.74, 6) is 0. The maximum atomic E-state index is 6.27. The minimum atomic E-state index is -0.0550. The Morgan fingerprint density at radius 3 is 1.98 bits per heavy atom. The van der Waals surface area contributed by atoms with Crippen LogP contribution in [0, 0.1) is 0 Å². The molecule has 9 aromatic rings. The predicted molar refractivity (Wildman–Crippen MR) is 198 cm³/mol. The predicted octanol–water partition coefficient (Wildman–Crippen LogP) is 12.8. The van der Waals surface area contributed by atoms with Crippen LogP contribution in [0.15, 0.2) is 156 Å². The molecule has 2 nitrogen and oxygen atoms in total. The highest BCUT2D eigenvalue weighted by Gasteiger charge is 2.35. The molecule has 0 amide bonds. The van der Waals surface area contributed by atoms with Crippen molar-refractivity contribution in [1.29, 1.82) is 0 Å². The Morgan fingerprint density at radius 2 is 1.09 bits per heavy atom. The number of para-hydroxylation sites is 1. The van der Waals surface area contributed by atoms with E-state index in [1.807, 2.05) is 12.1 Å². The highest BCUT2D eigenvalue weighted by molar-refractivity contribution is 6.23. The Morgan fingerprint density at radius 1 is 0.447 bits per heavy atom. The van der Waals surface area contributed by atoms with Crippen LogP contribution in [0.25, 0.3) is 65.4 Å². The molecule has 1 aliphatic rings. The summed E-state index contributed by atoms with van der Waals surface area (Å²) >= 11 is 0. The van der Waals surface area contributed by atoms with Crippen LogP contribution in [0.2, 0.25) is 0 Å². The van der Waals surface area contributed by atoms with E-state index in [1.54, 1.807) is 0 Å². The number of furan rings is 1. The second-order valence-electron chi connectivity index (χ2n) is 13.3. The van der Waals surface area contributed by atoms with Gasteiger partial charge in [0.2, 0.25) is 0 Å². The lowest BCUT2D eigenvalue weighted by Crippen LogP contribution is -2.15. The van der Waals surface area contributed by atoms with E-state index < -0.39 is 0 Å². The molecule has 0 fully saturated rings. The monoisotopic (exact) mass is 601 g/mol. The molecule has 0 saturated heterocycles. The summed E-state index contributed by atoms with van der Waals surface area (Å²) in [6.45, 7) is 4.68. The number of nitrogens with zero attached hydrogens (tertiary/aromatic N) is 1. The fourth-order valence-corrected chi connectivity index (χ4v) is 8.17. The molecular weight excluding hydrogens is 571 g/mol. The van der Waals surface area contributed by atoms with E-state index in [0.717, 1.165) is 39.0 Å². The SMILES string of the molecule is CC1(C)c2ccccc2-c2cc(N(c3ccc4oc5ccccc5c4c3)c3cc4ccc5ccccc5c4c4ccccc34)ccc21. The molecule has 1 aromatic heterocycles. The fourth-order valence-electron chi connectivity index (χ4n) is 8.17. The molecule has 1 heterocycles. The molecule has 8 aromatic carbocycles. The summed E-state index contributed by atoms with van der Waals surface area (Å²) in [5, 5.41) is 9.77. The molecule has 222 valence electrons. The number of benzene rings is 8. The molecular formula is C45H31NO. The molecule has 0 saturated carbocycles. The maximum absolute atomic E-state index is 6.27. The van der Waals surface area contributed by atoms with E-state index in [4.69, 9.17) is 4.42 Å². The molecule has 0 aliphatic heterocycles. The Balaban J connectivity index is 1.30. The molecule has 0 atom stereocenters. The maximum Gasteiger partial charge on any atom is 0.135 e. The first-order chi connectivity index (χ1) is 23.1. The molecule has 0 spiro atoms. The Labute approximate surface area is 273 Å². The molecule has 0 radical (unpaired) electrons. The van der Waals surface area contributed by atoms with Gasteiger partial charge < -0.3 is 9.32 Å². The zero-order valence-electron chi connectivity index (χ0n) is 26.3. The van der Waals surface area contributed by atoms with E-state index >= 15 is 0 Å². The Kier molecular flexibility index (Phi) is 5.37. The van der Waals surface area contributed by atoms with Gasteiger partial charge in [-0.2, -0.15) is 0 Å². The van der Waals surface area contributed by atoms with Crippen LogP contribution in [0.4, 0.5) is 17.1 Å². The molecule has 0 unspecified atom stereocenters. The number of rotatable bonds is 3. The molecule has 0 N–H and O–H groups in total. The van der Waals surface area contributed by atoms with Gasteiger partial charge in [0.05, 0.1) is 5.69 Å². The van der Waals surface area contributed by atoms with Crippen LogP contribution in [0.3, 0.4) is 0 Å². The van der Waals surface area contributed by atoms with Gasteiger partial charge in [0, 0.05) is 32.9 Å². The van der Waals surface area contributed by atoms with Crippen molar-refractivity contribution >= 4 is 71.3 Å². The van der Waals surface area contributed by atoms with Crippen molar-refractivity contribution in [3.63, 3.8) is 0 Å². The zero-order valence-corrected chi connectivity index (χ0v) is 26.3. The van der Waals surface area contributed by atoms with Crippen molar-refractivity contribution in [2.24, 2.45) is 0 Å². The van der Waals surface area contributed by atoms with Crippen molar-refractivity contribution in [3.05, 3.63) is 163 Å². The highest BCUT2D eigenvalue weighted by Crippen LogP contribution is 2.51. The molecule has 1 aliphatic carbocycles. The second kappa shape index (κ2) is 9.57. The van der Waals surface area contributed by atoms with Crippen LogP contribution in [-0.4, -0.2) is 0 Å². The van der Waals surface area contributed by atoms with Crippen molar-refractivity contribution in [3.8, 4) is 11.1 Å². The topological polar surface area (TPSA) is 16.4 Å². The van der Waals surface area contributed by atoms with E-state index in [2.05, 4.69) is 158 Å². The van der Waals surface area contributed by atoms with Gasteiger partial charge in [-0.05, 0) is 91.6 Å². The van der Waals surface area contributed by atoms with Crippen molar-refractivity contribution < 1.29 is 4.42 Å². The lowest BCUT2D eigenvalue weighted by Gasteiger charge is -2.29. The first-order valence-corrected chi connectivity index (χ1v) is 16.4. The summed E-state index contributed by atoms with van der Waals surface area (Å²) in [5.41, 5.74) is 10.5. The lowest BCUT2D eigenvalue weighted by atomic mass is 9.82. The third-order valence-electron chi connectivity index (χ3n) is 10.4. The summed E-state index contributed by atoms with van der Waals surface area (Å²) in [6, 6.07) is 55.4. The van der Waals surface area contributed by atoms with Crippen molar-refractivity contribution in [2.75, 3.05) is 4.90 Å². The van der Waals surface area contributed by atoms with Crippen LogP contribution >= 0.6 is 0 Å². The van der Waals surface area contributed by atoms with Gasteiger partial charge in [0.1, 0.15) is 11.2 Å². The first kappa shape index (κ1) is 26.4. The molecule has 10 rings (SSSR count). The molecule has 2 heteroatoms. The van der Waals surface area contributed by atoms with Gasteiger partial charge >= 0.3 is 0 Å². The average molecular weight is 602 g/mol. The fraction of sp³-hybridized carbons (Fsp3) is 0.0667. The van der Waals surface area contributed by atoms with Gasteiger partial charge in [-0.15, -0.1) is 0 Å². The summed E-state index contributed by atoms with van der Waals surface area (Å²) in [6.07, 6.45) is 0. The Bertz CT molecular complexity index is 2730. The minimum Gasteiger partial charge on any atom is -0.456 e. The smallest absolute Gasteiger partial charge is 0.135 e. The van der Waals surface area contributed by atoms with Gasteiger partial charge in [-0.3, -0.25) is 0 Å². The van der Waals surface area contributed by atoms with E-state index in [-0.39, 0.29) is 5.41 Å². The van der Waals surface area contributed by atoms with Crippen LogP contribution in [0.1, 0.15) is 25.0 Å². The number of anilines is 3. The minimum absolute atomic E-state index is 0.0550. The first-order valence-electron chi connectivity index (χ1n) is 16.4. The van der Waals surface area contributed by atoms with Gasteiger partial charge in [-0.25, -0.2) is 0 Å². The van der Waals surface area contributed by atoms with Gasteiger partial charge in [0.15, 0.2) is 0 Å². The summed E-state index contributed by atoms with van der Waals surface area (Å²) in [7, 11) is 0. The average Bonchev–Trinajstić information content (AvgIpc) is 3.60. The summed E-state index contributed by atoms with van der Waals surface area (Å²) in [4.78, 5) is 2.45. The second-order valence-corrected chi connectivity index (χ2v) is 13.3. The lowest BCUT2D eigenvalue weighted by molar-refractivity contribution is 0.660. The van der Waals surface area contributed by atoms with E-state index in [0.29, 0.717) is 0 Å². The number of hydrogen-bond acceptors (Lipinski definition) is 2. The quantitative estimate of drug-likeness (QED) is 0.187. The van der Waals surface area contributed by atoms with Gasteiger partial charge in [-0.1, -0.05) is 123 Å². The van der Waals surface area contributed by atoms with Crippen LogP contribution in [-0.2, 0) is 5.41 Å². The number of hydrogen-bond donors (Lipinski definition) is 0. The standard InChI is InChI=1S/C45H31NO/c1-45(2)39-17-9-7-13-33(39)37-26-30(21-23-40(37)45)46(31-22-24-43-38(27-31)35-15-8-10-18-42(35)47-43)41-25-29-20-19-28-11-3-4-12-32(28)44(29)36-16-6-5-14-34(36)41/h3-27H,1-2H3. The van der Waals surface area contributed by atoms with E-state index in [9.17, 15) is 0 Å². The van der Waals surface area contributed by atoms with Crippen LogP contribution in [0.5, 0.6) is 0 Å². The largest absolute Gasteiger partial charge is 0.456 e. The van der Waals surface area contributed by atoms with E-state index in [1.165, 1.54) is 54.6 Å². The normalized spacial score (nSPS) is 13.5. The highest BCUT2D eigenvalue weighted by atomic mass is 16.3. The molecule has 0 bridgehead atoms. The number of fused-ring (bicyclic) bond motifs is 11. The Hall–Kier alpha value is -5.86. The van der Waals surface area contributed by atoms with Crippen molar-refractivity contribution in [2.45, 2.75) is 19.3 Å². The third-order valence-corrected chi connectivity index (χ3v) is 10.4. The summed E-state index contributed by atoms with van der Waals surface area (Å²) < 4.78 is 6.27. The van der Waals surface area contributed by atoms with Crippen LogP contribution < -0.4 is 4.90 Å². The molecule has 47 heavy (non-hydrogen) atoms. The van der Waals surface area contributed by atoms with Gasteiger partial charge in [0.25, 0.3) is 0 Å². The zero-order chi connectivity index (χ0) is 31.3.